The van der Waals surface area contributed by atoms with Gasteiger partial charge in [-0.25, -0.2) is 0 Å². The summed E-state index contributed by atoms with van der Waals surface area (Å²) in [6.45, 7) is 11.6. The van der Waals surface area contributed by atoms with E-state index in [1.54, 1.807) is 6.07 Å². The number of phenolic OH excluding ortho intramolecular Hbond substituents is 1. The van der Waals surface area contributed by atoms with E-state index < -0.39 is 0 Å². The highest BCUT2D eigenvalue weighted by Gasteiger charge is 2.29. The summed E-state index contributed by atoms with van der Waals surface area (Å²) in [4.78, 5) is 5.02. The Morgan fingerprint density at radius 1 is 1.21 bits per heavy atom. The van der Waals surface area contributed by atoms with Gasteiger partial charge in [-0.1, -0.05) is 18.2 Å². The summed E-state index contributed by atoms with van der Waals surface area (Å²) in [5.41, 5.74) is 2.46. The topological polar surface area (TPSA) is 26.7 Å². The van der Waals surface area contributed by atoms with Crippen molar-refractivity contribution in [2.45, 2.75) is 32.4 Å². The van der Waals surface area contributed by atoms with Gasteiger partial charge in [0.1, 0.15) is 5.75 Å². The average molecular weight is 343 g/mol. The van der Waals surface area contributed by atoms with Gasteiger partial charge in [-0.3, -0.25) is 4.90 Å². The molecule has 1 aliphatic heterocycles. The van der Waals surface area contributed by atoms with Gasteiger partial charge in [-0.2, -0.15) is 0 Å². The van der Waals surface area contributed by atoms with Crippen LogP contribution in [0.4, 0.5) is 5.00 Å². The maximum absolute atomic E-state index is 9.62. The molecule has 3 nitrogen and oxygen atoms in total. The van der Waals surface area contributed by atoms with E-state index in [1.807, 2.05) is 29.5 Å². The number of phenols is 1. The number of thiophene rings is 1. The molecule has 1 fully saturated rings. The minimum Gasteiger partial charge on any atom is -0.508 e. The number of hydrogen-bond donors (Lipinski definition) is 1. The number of anilines is 1. The molecule has 0 spiro atoms. The van der Waals surface area contributed by atoms with Gasteiger partial charge in [-0.05, 0) is 55.0 Å². The summed E-state index contributed by atoms with van der Waals surface area (Å²) in [7, 11) is 0. The zero-order valence-electron chi connectivity index (χ0n) is 14.5. The molecule has 2 atom stereocenters. The molecule has 0 amide bonds. The van der Waals surface area contributed by atoms with Crippen LogP contribution in [0.1, 0.15) is 25.0 Å². The largest absolute Gasteiger partial charge is 0.508 e. The first-order chi connectivity index (χ1) is 11.6. The zero-order chi connectivity index (χ0) is 17.1. The van der Waals surface area contributed by atoms with Crippen molar-refractivity contribution in [3.8, 4) is 5.75 Å². The van der Waals surface area contributed by atoms with Crippen LogP contribution >= 0.6 is 11.3 Å². The number of benzene rings is 1. The van der Waals surface area contributed by atoms with E-state index >= 15 is 0 Å². The van der Waals surface area contributed by atoms with E-state index in [0.717, 1.165) is 31.6 Å². The molecule has 128 valence electrons. The molecule has 24 heavy (non-hydrogen) atoms. The molecule has 1 aromatic carbocycles. The first kappa shape index (κ1) is 17.1. The lowest BCUT2D eigenvalue weighted by Crippen LogP contribution is -2.56. The minimum absolute atomic E-state index is 0.337. The number of hydrogen-bond acceptors (Lipinski definition) is 4. The van der Waals surface area contributed by atoms with Gasteiger partial charge in [0.15, 0.2) is 0 Å². The molecule has 1 saturated heterocycles. The van der Waals surface area contributed by atoms with Crippen LogP contribution in [0.25, 0.3) is 0 Å². The van der Waals surface area contributed by atoms with Gasteiger partial charge in [-0.15, -0.1) is 17.9 Å². The number of rotatable bonds is 5. The van der Waals surface area contributed by atoms with Crippen molar-refractivity contribution in [2.24, 2.45) is 0 Å². The van der Waals surface area contributed by atoms with Crippen LogP contribution in [-0.4, -0.2) is 41.7 Å². The molecular weight excluding hydrogens is 316 g/mol. The summed E-state index contributed by atoms with van der Waals surface area (Å²) in [6.07, 6.45) is 2.86. The van der Waals surface area contributed by atoms with E-state index in [4.69, 9.17) is 0 Å². The molecule has 3 rings (SSSR count). The number of nitrogens with zero attached hydrogens (tertiary/aromatic N) is 2. The van der Waals surface area contributed by atoms with Crippen molar-refractivity contribution in [1.29, 1.82) is 0 Å². The third-order valence-electron chi connectivity index (χ3n) is 4.72. The number of piperazine rings is 1. The second kappa shape index (κ2) is 7.41. The molecular formula is C20H26N2OS. The summed E-state index contributed by atoms with van der Waals surface area (Å²) in [5.74, 6) is 0.337. The molecule has 0 unspecified atom stereocenters. The van der Waals surface area contributed by atoms with Gasteiger partial charge in [0.25, 0.3) is 0 Å². The predicted octanol–water partition coefficient (Wildman–Crippen LogP) is 4.13. The Kier molecular flexibility index (Phi) is 5.27. The second-order valence-corrected chi connectivity index (χ2v) is 7.62. The highest BCUT2D eigenvalue weighted by atomic mass is 32.1. The molecule has 2 heterocycles. The fourth-order valence-electron chi connectivity index (χ4n) is 3.43. The lowest BCUT2D eigenvalue weighted by Gasteiger charge is -2.44. The van der Waals surface area contributed by atoms with Crippen LogP contribution in [0.5, 0.6) is 5.75 Å². The van der Waals surface area contributed by atoms with Crippen LogP contribution in [-0.2, 0) is 6.42 Å². The van der Waals surface area contributed by atoms with Gasteiger partial charge in [0, 0.05) is 31.7 Å². The maximum atomic E-state index is 9.62. The van der Waals surface area contributed by atoms with E-state index in [9.17, 15) is 5.11 Å². The quantitative estimate of drug-likeness (QED) is 0.828. The van der Waals surface area contributed by atoms with Crippen molar-refractivity contribution in [3.05, 3.63) is 59.5 Å². The normalized spacial score (nSPS) is 21.8. The Morgan fingerprint density at radius 2 is 2.04 bits per heavy atom. The van der Waals surface area contributed by atoms with Gasteiger partial charge >= 0.3 is 0 Å². The van der Waals surface area contributed by atoms with Crippen molar-refractivity contribution >= 4 is 16.3 Å². The third-order valence-corrected chi connectivity index (χ3v) is 5.73. The predicted molar refractivity (Wildman–Crippen MR) is 103 cm³/mol. The first-order valence-corrected chi connectivity index (χ1v) is 9.41. The van der Waals surface area contributed by atoms with Gasteiger partial charge in [0.05, 0.1) is 5.00 Å². The van der Waals surface area contributed by atoms with Crippen molar-refractivity contribution < 1.29 is 5.11 Å². The van der Waals surface area contributed by atoms with Crippen LogP contribution in [0.3, 0.4) is 0 Å². The number of aromatic hydroxyl groups is 1. The average Bonchev–Trinajstić information content (AvgIpc) is 2.99. The zero-order valence-corrected chi connectivity index (χ0v) is 15.3. The molecule has 0 radical (unpaired) electrons. The molecule has 2 aromatic rings. The van der Waals surface area contributed by atoms with E-state index in [0.29, 0.717) is 17.8 Å². The first-order valence-electron chi connectivity index (χ1n) is 8.53. The smallest absolute Gasteiger partial charge is 0.115 e. The fourth-order valence-corrected chi connectivity index (χ4v) is 4.47. The lowest BCUT2D eigenvalue weighted by molar-refractivity contribution is 0.185. The monoisotopic (exact) mass is 342 g/mol. The van der Waals surface area contributed by atoms with E-state index in [2.05, 4.69) is 47.7 Å². The van der Waals surface area contributed by atoms with E-state index in [-0.39, 0.29) is 0 Å². The SMILES string of the molecule is C=CCN1C[C@H](C)N(c2cc(Cc3cccc(O)c3)cs2)C[C@H]1C. The van der Waals surface area contributed by atoms with Crippen molar-refractivity contribution in [1.82, 2.24) is 4.90 Å². The highest BCUT2D eigenvalue weighted by Crippen LogP contribution is 2.31. The Labute approximate surface area is 148 Å². The summed E-state index contributed by atoms with van der Waals surface area (Å²) >= 11 is 1.82. The summed E-state index contributed by atoms with van der Waals surface area (Å²) < 4.78 is 0. The molecule has 0 aliphatic carbocycles. The molecule has 0 saturated carbocycles. The Hall–Kier alpha value is -1.78. The molecule has 4 heteroatoms. The van der Waals surface area contributed by atoms with Gasteiger partial charge in [0.2, 0.25) is 0 Å². The molecule has 0 bridgehead atoms. The van der Waals surface area contributed by atoms with Crippen LogP contribution in [0, 0.1) is 0 Å². The third kappa shape index (κ3) is 3.82. The van der Waals surface area contributed by atoms with Crippen LogP contribution < -0.4 is 4.90 Å². The maximum Gasteiger partial charge on any atom is 0.115 e. The van der Waals surface area contributed by atoms with Crippen molar-refractivity contribution in [3.63, 3.8) is 0 Å². The fraction of sp³-hybridized carbons (Fsp3) is 0.400. The highest BCUT2D eigenvalue weighted by molar-refractivity contribution is 7.14. The molecule has 1 N–H and O–H groups in total. The van der Waals surface area contributed by atoms with E-state index in [1.165, 1.54) is 10.6 Å². The van der Waals surface area contributed by atoms with Crippen LogP contribution in [0.15, 0.2) is 48.4 Å². The Morgan fingerprint density at radius 3 is 2.79 bits per heavy atom. The van der Waals surface area contributed by atoms with Gasteiger partial charge < -0.3 is 10.0 Å². The standard InChI is InChI=1S/C20H26N2OS/c1-4-8-21-12-16(3)22(13-15(21)2)20-11-18(14-24-20)9-17-6-5-7-19(23)10-17/h4-7,10-11,14-16,23H,1,8-9,12-13H2,2-3H3/t15-,16+/m1/s1. The molecule has 1 aromatic heterocycles. The summed E-state index contributed by atoms with van der Waals surface area (Å²) in [6, 6.07) is 10.9. The Bertz CT molecular complexity index is 696. The minimum atomic E-state index is 0.337. The van der Waals surface area contributed by atoms with Crippen molar-refractivity contribution in [2.75, 3.05) is 24.5 Å². The molecule has 1 aliphatic rings. The summed E-state index contributed by atoms with van der Waals surface area (Å²) in [5, 5.41) is 13.2. The van der Waals surface area contributed by atoms with Crippen LogP contribution in [0.2, 0.25) is 0 Å². The lowest BCUT2D eigenvalue weighted by atomic mass is 10.1. The second-order valence-electron chi connectivity index (χ2n) is 6.73. The Balaban J connectivity index is 1.70.